The van der Waals surface area contributed by atoms with E-state index in [0.29, 0.717) is 11.3 Å². The molecule has 2 N–H and O–H groups in total. The van der Waals surface area contributed by atoms with E-state index in [2.05, 4.69) is 17.4 Å². The number of amides is 1. The van der Waals surface area contributed by atoms with Crippen LogP contribution in [0.15, 0.2) is 42.5 Å². The molecule has 1 amide bonds. The van der Waals surface area contributed by atoms with Gasteiger partial charge >= 0.3 is 5.97 Å². The van der Waals surface area contributed by atoms with Gasteiger partial charge in [0, 0.05) is 0 Å². The lowest BCUT2D eigenvalue weighted by Crippen LogP contribution is -2.34. The fraction of sp³-hybridized carbons (Fsp3) is 0.300. The van der Waals surface area contributed by atoms with Crippen LogP contribution in [-0.2, 0) is 28.9 Å². The molecule has 25 heavy (non-hydrogen) atoms. The first kappa shape index (κ1) is 17.0. The topological polar surface area (TPSA) is 75.6 Å². The molecule has 5 heteroatoms. The lowest BCUT2D eigenvalue weighted by atomic mass is 10.0. The average Bonchev–Trinajstić information content (AvgIpc) is 3.07. The highest BCUT2D eigenvalue weighted by Crippen LogP contribution is 2.23. The maximum atomic E-state index is 12.3. The Morgan fingerprint density at radius 1 is 1.12 bits per heavy atom. The van der Waals surface area contributed by atoms with Crippen molar-refractivity contribution in [1.82, 2.24) is 5.32 Å². The third-order valence-corrected chi connectivity index (χ3v) is 4.53. The minimum Gasteiger partial charge on any atom is -0.497 e. The first-order valence-electron chi connectivity index (χ1n) is 8.33. The summed E-state index contributed by atoms with van der Waals surface area (Å²) in [5.41, 5.74) is 4.08. The molecule has 1 aliphatic carbocycles. The van der Waals surface area contributed by atoms with Crippen LogP contribution in [0.25, 0.3) is 0 Å². The molecule has 1 atom stereocenters. The Balaban J connectivity index is 1.69. The number of carboxylic acids is 1. The van der Waals surface area contributed by atoms with Crippen LogP contribution >= 0.6 is 0 Å². The van der Waals surface area contributed by atoms with Gasteiger partial charge in [-0.25, -0.2) is 4.79 Å². The molecular formula is C20H21NO4. The van der Waals surface area contributed by atoms with Crippen molar-refractivity contribution in [2.45, 2.75) is 31.7 Å². The van der Waals surface area contributed by atoms with E-state index in [1.54, 1.807) is 31.4 Å². The fourth-order valence-corrected chi connectivity index (χ4v) is 3.22. The number of nitrogens with one attached hydrogen (secondary N) is 1. The van der Waals surface area contributed by atoms with Crippen LogP contribution in [0.4, 0.5) is 0 Å². The van der Waals surface area contributed by atoms with Gasteiger partial charge in [0.15, 0.2) is 6.04 Å². The smallest absolute Gasteiger partial charge is 0.330 e. The number of fused-ring (bicyclic) bond motifs is 1. The molecule has 0 aromatic heterocycles. The molecule has 0 radical (unpaired) electrons. The Kier molecular flexibility index (Phi) is 5.03. The van der Waals surface area contributed by atoms with Gasteiger partial charge in [-0.15, -0.1) is 0 Å². The standard InChI is InChI=1S/C20H21NO4/c1-25-17-9-7-15(8-10-17)19(20(23)24)21-18(22)12-13-5-6-14-3-2-4-16(14)11-13/h5-11,19H,2-4,12H2,1H3,(H,21,22)(H,23,24). The average molecular weight is 339 g/mol. The molecule has 2 aromatic carbocycles. The Morgan fingerprint density at radius 3 is 2.52 bits per heavy atom. The van der Waals surface area contributed by atoms with Gasteiger partial charge in [-0.3, -0.25) is 4.79 Å². The summed E-state index contributed by atoms with van der Waals surface area (Å²) in [7, 11) is 1.54. The van der Waals surface area contributed by atoms with Crippen LogP contribution < -0.4 is 10.1 Å². The second-order valence-corrected chi connectivity index (χ2v) is 6.25. The molecule has 0 aliphatic heterocycles. The zero-order chi connectivity index (χ0) is 17.8. The second kappa shape index (κ2) is 7.38. The molecule has 0 spiro atoms. The van der Waals surface area contributed by atoms with E-state index in [-0.39, 0.29) is 12.3 Å². The van der Waals surface area contributed by atoms with Gasteiger partial charge in [-0.1, -0.05) is 30.3 Å². The first-order chi connectivity index (χ1) is 12.1. The third kappa shape index (κ3) is 3.99. The van der Waals surface area contributed by atoms with Crippen LogP contribution in [-0.4, -0.2) is 24.1 Å². The molecule has 0 bridgehead atoms. The Morgan fingerprint density at radius 2 is 1.84 bits per heavy atom. The zero-order valence-corrected chi connectivity index (χ0v) is 14.1. The molecule has 130 valence electrons. The normalized spacial score (nSPS) is 13.8. The van der Waals surface area contributed by atoms with Crippen molar-refractivity contribution in [3.8, 4) is 5.75 Å². The Hall–Kier alpha value is -2.82. The van der Waals surface area contributed by atoms with Gasteiger partial charge < -0.3 is 15.2 Å². The van der Waals surface area contributed by atoms with Crippen LogP contribution in [0.1, 0.15) is 34.7 Å². The van der Waals surface area contributed by atoms with Crippen molar-refractivity contribution < 1.29 is 19.4 Å². The maximum absolute atomic E-state index is 12.3. The molecular weight excluding hydrogens is 318 g/mol. The van der Waals surface area contributed by atoms with E-state index in [1.807, 2.05) is 6.07 Å². The predicted octanol–water partition coefficient (Wildman–Crippen LogP) is 2.67. The highest BCUT2D eigenvalue weighted by Gasteiger charge is 2.22. The summed E-state index contributed by atoms with van der Waals surface area (Å²) in [6.07, 6.45) is 3.48. The van der Waals surface area contributed by atoms with Crippen molar-refractivity contribution in [1.29, 1.82) is 0 Å². The summed E-state index contributed by atoms with van der Waals surface area (Å²) in [6, 6.07) is 11.7. The van der Waals surface area contributed by atoms with Gasteiger partial charge in [0.2, 0.25) is 5.91 Å². The van der Waals surface area contributed by atoms with Crippen molar-refractivity contribution in [2.24, 2.45) is 0 Å². The molecule has 3 rings (SSSR count). The van der Waals surface area contributed by atoms with E-state index in [1.165, 1.54) is 11.1 Å². The van der Waals surface area contributed by atoms with Crippen LogP contribution in [0.2, 0.25) is 0 Å². The van der Waals surface area contributed by atoms with Crippen molar-refractivity contribution in [2.75, 3.05) is 7.11 Å². The molecule has 0 saturated carbocycles. The number of hydrogen-bond acceptors (Lipinski definition) is 3. The molecule has 2 aromatic rings. The molecule has 1 aliphatic rings. The third-order valence-electron chi connectivity index (χ3n) is 4.53. The minimum atomic E-state index is -1.09. The number of benzene rings is 2. The van der Waals surface area contributed by atoms with Gasteiger partial charge in [0.1, 0.15) is 5.75 Å². The van der Waals surface area contributed by atoms with Crippen LogP contribution in [0, 0.1) is 0 Å². The maximum Gasteiger partial charge on any atom is 0.330 e. The summed E-state index contributed by atoms with van der Waals surface area (Å²) in [4.78, 5) is 23.9. The lowest BCUT2D eigenvalue weighted by Gasteiger charge is -2.15. The van der Waals surface area contributed by atoms with Crippen LogP contribution in [0.5, 0.6) is 5.75 Å². The van der Waals surface area contributed by atoms with Crippen molar-refractivity contribution in [3.05, 3.63) is 64.7 Å². The number of aliphatic carboxylic acids is 1. The van der Waals surface area contributed by atoms with Gasteiger partial charge in [-0.2, -0.15) is 0 Å². The number of methoxy groups -OCH3 is 1. The largest absolute Gasteiger partial charge is 0.497 e. The monoisotopic (exact) mass is 339 g/mol. The van der Waals surface area contributed by atoms with E-state index < -0.39 is 12.0 Å². The molecule has 5 nitrogen and oxygen atoms in total. The summed E-state index contributed by atoms with van der Waals surface area (Å²) >= 11 is 0. The summed E-state index contributed by atoms with van der Waals surface area (Å²) < 4.78 is 5.07. The predicted molar refractivity (Wildman–Crippen MR) is 93.7 cm³/mol. The van der Waals surface area contributed by atoms with Gasteiger partial charge in [-0.05, 0) is 53.6 Å². The number of carbonyl (C=O) groups is 2. The van der Waals surface area contributed by atoms with E-state index in [9.17, 15) is 14.7 Å². The second-order valence-electron chi connectivity index (χ2n) is 6.25. The fourth-order valence-electron chi connectivity index (χ4n) is 3.22. The Bertz CT molecular complexity index is 783. The van der Waals surface area contributed by atoms with E-state index in [0.717, 1.165) is 24.8 Å². The summed E-state index contributed by atoms with van der Waals surface area (Å²) in [5, 5.41) is 12.1. The number of ether oxygens (including phenoxy) is 1. The van der Waals surface area contributed by atoms with Crippen LogP contribution in [0.3, 0.4) is 0 Å². The highest BCUT2D eigenvalue weighted by molar-refractivity contribution is 5.85. The minimum absolute atomic E-state index is 0.174. The molecule has 1 unspecified atom stereocenters. The Labute approximate surface area is 146 Å². The lowest BCUT2D eigenvalue weighted by molar-refractivity contribution is -0.141. The van der Waals surface area contributed by atoms with Crippen molar-refractivity contribution in [3.63, 3.8) is 0 Å². The first-order valence-corrected chi connectivity index (χ1v) is 8.33. The number of carboxylic acid groups (broad SMARTS) is 1. The van der Waals surface area contributed by atoms with Gasteiger partial charge in [0.25, 0.3) is 0 Å². The number of carbonyl (C=O) groups excluding carboxylic acids is 1. The zero-order valence-electron chi connectivity index (χ0n) is 14.1. The number of hydrogen-bond donors (Lipinski definition) is 2. The summed E-state index contributed by atoms with van der Waals surface area (Å²) in [5.74, 6) is -0.758. The van der Waals surface area contributed by atoms with Gasteiger partial charge in [0.05, 0.1) is 13.5 Å². The highest BCUT2D eigenvalue weighted by atomic mass is 16.5. The number of aryl methyl sites for hydroxylation is 2. The molecule has 0 fully saturated rings. The quantitative estimate of drug-likeness (QED) is 0.848. The van der Waals surface area contributed by atoms with Crippen molar-refractivity contribution >= 4 is 11.9 Å². The number of rotatable bonds is 6. The SMILES string of the molecule is COc1ccc(C(NC(=O)Cc2ccc3c(c2)CCC3)C(=O)O)cc1. The van der Waals surface area contributed by atoms with E-state index in [4.69, 9.17) is 4.74 Å². The van der Waals surface area contributed by atoms with E-state index >= 15 is 0 Å². The summed E-state index contributed by atoms with van der Waals surface area (Å²) in [6.45, 7) is 0. The molecule has 0 heterocycles. The molecule has 0 saturated heterocycles.